The maximum absolute atomic E-state index is 4.26. The van der Waals surface area contributed by atoms with Crippen molar-refractivity contribution in [1.82, 2.24) is 15.1 Å². The van der Waals surface area contributed by atoms with Gasteiger partial charge in [-0.25, -0.2) is 0 Å². The Morgan fingerprint density at radius 3 is 2.69 bits per heavy atom. The second kappa shape index (κ2) is 3.88. The summed E-state index contributed by atoms with van der Waals surface area (Å²) in [7, 11) is 1.98. The molecule has 0 saturated carbocycles. The molecule has 90 valence electrons. The second-order valence-corrected chi connectivity index (χ2v) is 6.06. The van der Waals surface area contributed by atoms with Crippen LogP contribution >= 0.6 is 0 Å². The Bertz CT molecular complexity index is 353. The van der Waals surface area contributed by atoms with Gasteiger partial charge in [0.05, 0.1) is 6.20 Å². The van der Waals surface area contributed by atoms with Gasteiger partial charge in [0.15, 0.2) is 0 Å². The molecule has 1 aromatic heterocycles. The molecule has 2 heterocycles. The molecule has 1 aliphatic heterocycles. The Hall–Kier alpha value is -0.830. The largest absolute Gasteiger partial charge is 0.310 e. The van der Waals surface area contributed by atoms with Crippen LogP contribution in [0.25, 0.3) is 0 Å². The molecule has 1 atom stereocenters. The monoisotopic (exact) mass is 221 g/mol. The lowest BCUT2D eigenvalue weighted by molar-refractivity contribution is 0.159. The number of hydrogen-bond donors (Lipinski definition) is 1. The molecule has 1 unspecified atom stereocenters. The first kappa shape index (κ1) is 11.6. The third-order valence-electron chi connectivity index (χ3n) is 3.94. The van der Waals surface area contributed by atoms with Gasteiger partial charge >= 0.3 is 0 Å². The quantitative estimate of drug-likeness (QED) is 0.829. The van der Waals surface area contributed by atoms with Crippen molar-refractivity contribution < 1.29 is 0 Å². The Labute approximate surface area is 98.2 Å². The first-order valence-electron chi connectivity index (χ1n) is 6.16. The van der Waals surface area contributed by atoms with Crippen LogP contribution in [0.4, 0.5) is 0 Å². The average molecular weight is 221 g/mol. The van der Waals surface area contributed by atoms with E-state index >= 15 is 0 Å². The molecular weight excluding hydrogens is 198 g/mol. The summed E-state index contributed by atoms with van der Waals surface area (Å²) in [6.07, 6.45) is 7.77. The summed E-state index contributed by atoms with van der Waals surface area (Å²) >= 11 is 0. The molecule has 16 heavy (non-hydrogen) atoms. The molecule has 0 bridgehead atoms. The molecule has 0 aliphatic carbocycles. The van der Waals surface area contributed by atoms with E-state index < -0.39 is 0 Å². The van der Waals surface area contributed by atoms with Gasteiger partial charge in [0, 0.05) is 18.8 Å². The van der Waals surface area contributed by atoms with E-state index in [1.807, 2.05) is 17.9 Å². The van der Waals surface area contributed by atoms with E-state index in [0.29, 0.717) is 5.41 Å². The summed E-state index contributed by atoms with van der Waals surface area (Å²) in [5, 5.41) is 7.99. The predicted octanol–water partition coefficient (Wildman–Crippen LogP) is 2.13. The van der Waals surface area contributed by atoms with E-state index in [1.165, 1.54) is 18.4 Å². The highest BCUT2D eigenvalue weighted by atomic mass is 15.2. The van der Waals surface area contributed by atoms with Gasteiger partial charge in [-0.1, -0.05) is 20.8 Å². The molecule has 1 aromatic rings. The Morgan fingerprint density at radius 2 is 2.25 bits per heavy atom. The van der Waals surface area contributed by atoms with Crippen LogP contribution in [0.15, 0.2) is 12.4 Å². The van der Waals surface area contributed by atoms with Gasteiger partial charge in [-0.05, 0) is 36.8 Å². The van der Waals surface area contributed by atoms with Crippen molar-refractivity contribution in [2.45, 2.75) is 45.6 Å². The summed E-state index contributed by atoms with van der Waals surface area (Å²) in [6.45, 7) is 8.16. The third-order valence-corrected chi connectivity index (χ3v) is 3.94. The van der Waals surface area contributed by atoms with E-state index in [-0.39, 0.29) is 5.54 Å². The highest BCUT2D eigenvalue weighted by Gasteiger charge is 2.43. The number of nitrogens with one attached hydrogen (secondary N) is 1. The molecule has 0 aromatic carbocycles. The molecule has 0 spiro atoms. The minimum Gasteiger partial charge on any atom is -0.310 e. The van der Waals surface area contributed by atoms with Crippen LogP contribution in [0.3, 0.4) is 0 Å². The lowest BCUT2D eigenvalue weighted by Gasteiger charge is -2.42. The van der Waals surface area contributed by atoms with Gasteiger partial charge in [0.1, 0.15) is 0 Å². The smallest absolute Gasteiger partial charge is 0.0522 e. The number of nitrogens with zero attached hydrogens (tertiary/aromatic N) is 2. The van der Waals surface area contributed by atoms with Crippen LogP contribution in [0.5, 0.6) is 0 Å². The maximum atomic E-state index is 4.26. The van der Waals surface area contributed by atoms with Crippen molar-refractivity contribution in [3.05, 3.63) is 18.0 Å². The van der Waals surface area contributed by atoms with E-state index in [1.54, 1.807) is 0 Å². The number of rotatable bonds is 2. The standard InChI is InChI=1S/C13H23N3/c1-12(2,3)13(6-5-7-14-13)8-11-9-15-16(4)10-11/h9-10,14H,5-8H2,1-4H3. The van der Waals surface area contributed by atoms with Crippen LogP contribution in [-0.2, 0) is 13.5 Å². The van der Waals surface area contributed by atoms with Crippen molar-refractivity contribution >= 4 is 0 Å². The summed E-state index contributed by atoms with van der Waals surface area (Å²) in [5.74, 6) is 0. The Balaban J connectivity index is 2.21. The summed E-state index contributed by atoms with van der Waals surface area (Å²) in [5.41, 5.74) is 1.88. The fraction of sp³-hybridized carbons (Fsp3) is 0.769. The van der Waals surface area contributed by atoms with Crippen molar-refractivity contribution in [3.63, 3.8) is 0 Å². The summed E-state index contributed by atoms with van der Waals surface area (Å²) < 4.78 is 1.89. The molecule has 1 fully saturated rings. The van der Waals surface area contributed by atoms with Crippen molar-refractivity contribution in [2.75, 3.05) is 6.54 Å². The fourth-order valence-corrected chi connectivity index (χ4v) is 2.77. The average Bonchev–Trinajstić information content (AvgIpc) is 2.75. The SMILES string of the molecule is Cn1cc(CC2(C(C)(C)C)CCCN2)cn1. The van der Waals surface area contributed by atoms with Gasteiger partial charge < -0.3 is 5.32 Å². The van der Waals surface area contributed by atoms with Gasteiger partial charge in [-0.15, -0.1) is 0 Å². The van der Waals surface area contributed by atoms with Crippen LogP contribution in [0.2, 0.25) is 0 Å². The highest BCUT2D eigenvalue weighted by Crippen LogP contribution is 2.39. The minimum atomic E-state index is 0.246. The predicted molar refractivity (Wildman–Crippen MR) is 66.3 cm³/mol. The van der Waals surface area contributed by atoms with Gasteiger partial charge in [0.2, 0.25) is 0 Å². The van der Waals surface area contributed by atoms with Crippen molar-refractivity contribution in [2.24, 2.45) is 12.5 Å². The number of aromatic nitrogens is 2. The van der Waals surface area contributed by atoms with E-state index in [0.717, 1.165) is 13.0 Å². The van der Waals surface area contributed by atoms with E-state index in [4.69, 9.17) is 0 Å². The zero-order valence-electron chi connectivity index (χ0n) is 10.9. The summed E-state index contributed by atoms with van der Waals surface area (Å²) in [4.78, 5) is 0. The molecule has 2 rings (SSSR count). The zero-order valence-corrected chi connectivity index (χ0v) is 10.9. The molecule has 0 radical (unpaired) electrons. The molecule has 1 aliphatic rings. The minimum absolute atomic E-state index is 0.246. The van der Waals surface area contributed by atoms with Gasteiger partial charge in [-0.3, -0.25) is 4.68 Å². The van der Waals surface area contributed by atoms with Crippen molar-refractivity contribution in [3.8, 4) is 0 Å². The Kier molecular flexibility index (Phi) is 2.82. The third kappa shape index (κ3) is 2.01. The topological polar surface area (TPSA) is 29.9 Å². The fourth-order valence-electron chi connectivity index (χ4n) is 2.77. The normalized spacial score (nSPS) is 26.2. The van der Waals surface area contributed by atoms with E-state index in [9.17, 15) is 0 Å². The lowest BCUT2D eigenvalue weighted by atomic mass is 9.69. The first-order valence-corrected chi connectivity index (χ1v) is 6.16. The molecule has 1 saturated heterocycles. The molecule has 1 N–H and O–H groups in total. The van der Waals surface area contributed by atoms with Crippen LogP contribution in [0, 0.1) is 5.41 Å². The number of aryl methyl sites for hydroxylation is 1. The van der Waals surface area contributed by atoms with Crippen LogP contribution in [-0.4, -0.2) is 21.9 Å². The van der Waals surface area contributed by atoms with Crippen LogP contribution < -0.4 is 5.32 Å². The van der Waals surface area contributed by atoms with Gasteiger partial charge in [-0.2, -0.15) is 5.10 Å². The lowest BCUT2D eigenvalue weighted by Crippen LogP contribution is -2.52. The molecule has 0 amide bonds. The molecule has 3 nitrogen and oxygen atoms in total. The van der Waals surface area contributed by atoms with E-state index in [2.05, 4.69) is 37.4 Å². The van der Waals surface area contributed by atoms with Crippen molar-refractivity contribution in [1.29, 1.82) is 0 Å². The zero-order chi connectivity index (χ0) is 11.8. The molecule has 3 heteroatoms. The second-order valence-electron chi connectivity index (χ2n) is 6.06. The first-order chi connectivity index (χ1) is 7.43. The number of hydrogen-bond acceptors (Lipinski definition) is 2. The maximum Gasteiger partial charge on any atom is 0.0522 e. The van der Waals surface area contributed by atoms with Gasteiger partial charge in [0.25, 0.3) is 0 Å². The summed E-state index contributed by atoms with van der Waals surface area (Å²) in [6, 6.07) is 0. The van der Waals surface area contributed by atoms with Crippen LogP contribution in [0.1, 0.15) is 39.2 Å². The molecular formula is C13H23N3. The Morgan fingerprint density at radius 1 is 1.50 bits per heavy atom. The highest BCUT2D eigenvalue weighted by molar-refractivity contribution is 5.14.